The van der Waals surface area contributed by atoms with Gasteiger partial charge in [-0.25, -0.2) is 19.4 Å². The van der Waals surface area contributed by atoms with Gasteiger partial charge in [-0.1, -0.05) is 6.07 Å². The molecule has 0 saturated heterocycles. The summed E-state index contributed by atoms with van der Waals surface area (Å²) in [5.41, 5.74) is -0.257. The molecule has 0 bridgehead atoms. The van der Waals surface area contributed by atoms with Crippen molar-refractivity contribution in [2.45, 2.75) is 45.8 Å². The van der Waals surface area contributed by atoms with Crippen LogP contribution in [0, 0.1) is 0 Å². The highest BCUT2D eigenvalue weighted by Crippen LogP contribution is 2.24. The first-order chi connectivity index (χ1) is 12.9. The molecule has 8 heteroatoms. The standard InChI is InChI=1S/C20H24N4O4/c1-19(2,3)28-18(26)24-15-9-12(7-8-14(15)16(25)23(24)6)13-10-21-17(22-11-13)20(4,5)27/h7-11,27H,1-6H3. The van der Waals surface area contributed by atoms with E-state index >= 15 is 0 Å². The summed E-state index contributed by atoms with van der Waals surface area (Å²) in [4.78, 5) is 33.6. The van der Waals surface area contributed by atoms with Crippen molar-refractivity contribution in [3.8, 4) is 11.1 Å². The molecule has 2 aromatic heterocycles. The lowest BCUT2D eigenvalue weighted by atomic mass is 10.1. The van der Waals surface area contributed by atoms with E-state index in [0.717, 1.165) is 5.56 Å². The van der Waals surface area contributed by atoms with Crippen LogP contribution in [0.4, 0.5) is 4.79 Å². The number of carbonyl (C=O) groups excluding carboxylic acids is 1. The van der Waals surface area contributed by atoms with E-state index < -0.39 is 17.3 Å². The van der Waals surface area contributed by atoms with E-state index in [1.54, 1.807) is 65.2 Å². The molecule has 0 atom stereocenters. The maximum atomic E-state index is 12.6. The average Bonchev–Trinajstić information content (AvgIpc) is 2.83. The minimum atomic E-state index is -1.14. The largest absolute Gasteiger partial charge is 0.442 e. The monoisotopic (exact) mass is 384 g/mol. The molecule has 0 spiro atoms. The molecule has 1 N–H and O–H groups in total. The van der Waals surface area contributed by atoms with Crippen molar-refractivity contribution in [3.05, 3.63) is 46.8 Å². The highest BCUT2D eigenvalue weighted by molar-refractivity contribution is 5.90. The van der Waals surface area contributed by atoms with E-state index in [4.69, 9.17) is 4.74 Å². The van der Waals surface area contributed by atoms with Gasteiger partial charge in [-0.2, -0.15) is 4.68 Å². The fourth-order valence-corrected chi connectivity index (χ4v) is 2.81. The number of fused-ring (bicyclic) bond motifs is 1. The molecule has 0 fully saturated rings. The van der Waals surface area contributed by atoms with Crippen LogP contribution >= 0.6 is 0 Å². The maximum Gasteiger partial charge on any atom is 0.434 e. The third-order valence-electron chi connectivity index (χ3n) is 4.15. The Labute approximate surface area is 162 Å². The van der Waals surface area contributed by atoms with Gasteiger partial charge in [-0.05, 0) is 52.3 Å². The van der Waals surface area contributed by atoms with Gasteiger partial charge in [0.15, 0.2) is 5.82 Å². The first kappa shape index (κ1) is 19.8. The van der Waals surface area contributed by atoms with Crippen molar-refractivity contribution in [1.82, 2.24) is 19.3 Å². The van der Waals surface area contributed by atoms with Crippen molar-refractivity contribution in [2.24, 2.45) is 7.05 Å². The molecule has 3 aromatic rings. The molecule has 2 heterocycles. The maximum absolute atomic E-state index is 12.6. The molecule has 0 radical (unpaired) electrons. The Bertz CT molecular complexity index is 1100. The molecule has 0 amide bonds. The summed E-state index contributed by atoms with van der Waals surface area (Å²) in [6, 6.07) is 5.16. The van der Waals surface area contributed by atoms with Crippen molar-refractivity contribution in [2.75, 3.05) is 0 Å². The van der Waals surface area contributed by atoms with Gasteiger partial charge in [-0.3, -0.25) is 4.79 Å². The SMILES string of the molecule is Cn1c(=O)c2ccc(-c3cnc(C(C)(C)O)nc3)cc2n1C(=O)OC(C)(C)C. The Morgan fingerprint density at radius 2 is 1.68 bits per heavy atom. The third kappa shape index (κ3) is 3.68. The zero-order chi connectivity index (χ0) is 20.9. The van der Waals surface area contributed by atoms with E-state index in [1.165, 1.54) is 16.4 Å². The molecular formula is C20H24N4O4. The van der Waals surface area contributed by atoms with Crippen LogP contribution in [0.2, 0.25) is 0 Å². The summed E-state index contributed by atoms with van der Waals surface area (Å²) < 4.78 is 7.89. The predicted molar refractivity (Wildman–Crippen MR) is 105 cm³/mol. The Hall–Kier alpha value is -3.00. The van der Waals surface area contributed by atoms with Crippen LogP contribution in [0.1, 0.15) is 40.4 Å². The average molecular weight is 384 g/mol. The molecule has 0 aliphatic rings. The number of aromatic nitrogens is 4. The van der Waals surface area contributed by atoms with Crippen LogP contribution in [-0.4, -0.2) is 36.1 Å². The molecule has 8 nitrogen and oxygen atoms in total. The van der Waals surface area contributed by atoms with E-state index in [1.807, 2.05) is 0 Å². The van der Waals surface area contributed by atoms with Gasteiger partial charge in [0.05, 0.1) is 10.9 Å². The zero-order valence-corrected chi connectivity index (χ0v) is 16.8. The van der Waals surface area contributed by atoms with E-state index in [9.17, 15) is 14.7 Å². The number of rotatable bonds is 2. The molecule has 0 saturated carbocycles. The lowest BCUT2D eigenvalue weighted by Crippen LogP contribution is -2.31. The van der Waals surface area contributed by atoms with Gasteiger partial charge in [0.1, 0.15) is 11.2 Å². The minimum Gasteiger partial charge on any atom is -0.442 e. The number of hydrogen-bond acceptors (Lipinski definition) is 6. The van der Waals surface area contributed by atoms with Crippen LogP contribution < -0.4 is 5.56 Å². The van der Waals surface area contributed by atoms with Crippen LogP contribution in [0.25, 0.3) is 22.0 Å². The van der Waals surface area contributed by atoms with Crippen LogP contribution in [-0.2, 0) is 17.4 Å². The Morgan fingerprint density at radius 3 is 2.21 bits per heavy atom. The quantitative estimate of drug-likeness (QED) is 0.729. The molecule has 148 valence electrons. The topological polar surface area (TPSA) is 99.2 Å². The third-order valence-corrected chi connectivity index (χ3v) is 4.15. The van der Waals surface area contributed by atoms with E-state index in [-0.39, 0.29) is 5.56 Å². The summed E-state index contributed by atoms with van der Waals surface area (Å²) in [5, 5.41) is 10.4. The van der Waals surface area contributed by atoms with E-state index in [2.05, 4.69) is 9.97 Å². The highest BCUT2D eigenvalue weighted by Gasteiger charge is 2.23. The van der Waals surface area contributed by atoms with Gasteiger partial charge in [0.25, 0.3) is 5.56 Å². The molecule has 0 aliphatic heterocycles. The molecule has 28 heavy (non-hydrogen) atoms. The van der Waals surface area contributed by atoms with Crippen LogP contribution in [0.3, 0.4) is 0 Å². The molecule has 0 unspecified atom stereocenters. The van der Waals surface area contributed by atoms with Gasteiger partial charge < -0.3 is 9.84 Å². The number of hydrogen-bond donors (Lipinski definition) is 1. The Balaban J connectivity index is 2.11. The summed E-state index contributed by atoms with van der Waals surface area (Å²) in [6.07, 6.45) is 2.56. The van der Waals surface area contributed by atoms with Crippen molar-refractivity contribution in [3.63, 3.8) is 0 Å². The molecular weight excluding hydrogens is 360 g/mol. The fourth-order valence-electron chi connectivity index (χ4n) is 2.81. The number of nitrogens with zero attached hydrogens (tertiary/aromatic N) is 4. The molecule has 3 rings (SSSR count). The predicted octanol–water partition coefficient (Wildman–Crippen LogP) is 2.81. The smallest absolute Gasteiger partial charge is 0.434 e. The van der Waals surface area contributed by atoms with Gasteiger partial charge in [0, 0.05) is 25.0 Å². The Kier molecular flexibility index (Phi) is 4.63. The molecule has 0 aliphatic carbocycles. The second-order valence-electron chi connectivity index (χ2n) is 8.21. The summed E-state index contributed by atoms with van der Waals surface area (Å²) in [6.45, 7) is 8.51. The number of carbonyl (C=O) groups is 1. The number of aliphatic hydroxyl groups is 1. The van der Waals surface area contributed by atoms with Crippen molar-refractivity contribution >= 4 is 17.0 Å². The molecule has 1 aromatic carbocycles. The van der Waals surface area contributed by atoms with Crippen molar-refractivity contribution < 1.29 is 14.6 Å². The van der Waals surface area contributed by atoms with E-state index in [0.29, 0.717) is 22.3 Å². The summed E-state index contributed by atoms with van der Waals surface area (Å²) in [5.74, 6) is 0.308. The first-order valence-corrected chi connectivity index (χ1v) is 8.89. The lowest BCUT2D eigenvalue weighted by molar-refractivity contribution is 0.0503. The van der Waals surface area contributed by atoms with Gasteiger partial charge >= 0.3 is 6.09 Å². The number of ether oxygens (including phenoxy) is 1. The van der Waals surface area contributed by atoms with Crippen LogP contribution in [0.15, 0.2) is 35.4 Å². The highest BCUT2D eigenvalue weighted by atomic mass is 16.6. The minimum absolute atomic E-state index is 0.291. The Morgan fingerprint density at radius 1 is 1.07 bits per heavy atom. The van der Waals surface area contributed by atoms with Crippen LogP contribution in [0.5, 0.6) is 0 Å². The van der Waals surface area contributed by atoms with Gasteiger partial charge in [-0.15, -0.1) is 0 Å². The first-order valence-electron chi connectivity index (χ1n) is 8.89. The second kappa shape index (κ2) is 6.56. The fraction of sp³-hybridized carbons (Fsp3) is 0.400. The zero-order valence-electron chi connectivity index (χ0n) is 16.8. The lowest BCUT2D eigenvalue weighted by Gasteiger charge is -2.20. The summed E-state index contributed by atoms with van der Waals surface area (Å²) >= 11 is 0. The second-order valence-corrected chi connectivity index (χ2v) is 8.21. The number of benzene rings is 1. The van der Waals surface area contributed by atoms with Crippen molar-refractivity contribution in [1.29, 1.82) is 0 Å². The van der Waals surface area contributed by atoms with Gasteiger partial charge in [0.2, 0.25) is 0 Å². The normalized spacial score (nSPS) is 12.4. The summed E-state index contributed by atoms with van der Waals surface area (Å²) in [7, 11) is 1.52.